The number of benzene rings is 2. The molecule has 2 aromatic rings. The molecule has 0 aliphatic heterocycles. The standard InChI is InChI=1S/C19H20BrN3O4/c1-2-27-19(26)22-16(13-6-4-3-5-7-13)11-18(25)23-21-12-14-10-15(20)8-9-17(14)24/h3-10,12,16,24H,2,11H2,1H3,(H,22,26)(H,23,25)/b21-12-/t16-/m1/s1. The van der Waals surface area contributed by atoms with Crippen LogP contribution >= 0.6 is 15.9 Å². The molecule has 8 heteroatoms. The van der Waals surface area contributed by atoms with E-state index in [-0.39, 0.29) is 18.8 Å². The SMILES string of the molecule is CCOC(=O)N[C@H](CC(=O)N/N=C\c1cc(Br)ccc1O)c1ccccc1. The Morgan fingerprint density at radius 1 is 1.26 bits per heavy atom. The quantitative estimate of drug-likeness (QED) is 0.459. The molecule has 1 atom stereocenters. The number of hydrogen-bond acceptors (Lipinski definition) is 5. The van der Waals surface area contributed by atoms with Gasteiger partial charge in [0.1, 0.15) is 5.75 Å². The highest BCUT2D eigenvalue weighted by Gasteiger charge is 2.18. The number of phenols is 1. The number of nitrogens with zero attached hydrogens (tertiary/aromatic N) is 1. The van der Waals surface area contributed by atoms with Crippen LogP contribution in [-0.4, -0.2) is 29.9 Å². The van der Waals surface area contributed by atoms with Crippen molar-refractivity contribution in [3.05, 3.63) is 64.1 Å². The number of carbonyl (C=O) groups is 2. The van der Waals surface area contributed by atoms with Crippen LogP contribution in [0.1, 0.15) is 30.5 Å². The maximum absolute atomic E-state index is 12.2. The molecule has 27 heavy (non-hydrogen) atoms. The lowest BCUT2D eigenvalue weighted by atomic mass is 10.0. The fourth-order valence-electron chi connectivity index (χ4n) is 2.29. The molecule has 0 radical (unpaired) electrons. The van der Waals surface area contributed by atoms with Crippen molar-refractivity contribution >= 4 is 34.1 Å². The Morgan fingerprint density at radius 2 is 2.00 bits per heavy atom. The molecule has 2 amide bonds. The van der Waals surface area contributed by atoms with E-state index in [0.717, 1.165) is 10.0 Å². The summed E-state index contributed by atoms with van der Waals surface area (Å²) in [7, 11) is 0. The summed E-state index contributed by atoms with van der Waals surface area (Å²) >= 11 is 3.30. The maximum atomic E-state index is 12.2. The lowest BCUT2D eigenvalue weighted by Crippen LogP contribution is -2.33. The monoisotopic (exact) mass is 433 g/mol. The van der Waals surface area contributed by atoms with Gasteiger partial charge in [-0.25, -0.2) is 10.2 Å². The third kappa shape index (κ3) is 6.74. The average molecular weight is 434 g/mol. The highest BCUT2D eigenvalue weighted by Crippen LogP contribution is 2.20. The maximum Gasteiger partial charge on any atom is 0.407 e. The fourth-order valence-corrected chi connectivity index (χ4v) is 2.67. The first-order valence-corrected chi connectivity index (χ1v) is 9.07. The normalized spacial score (nSPS) is 11.8. The molecule has 142 valence electrons. The third-order valence-corrected chi connectivity index (χ3v) is 4.03. The van der Waals surface area contributed by atoms with E-state index in [2.05, 4.69) is 31.8 Å². The molecule has 3 N–H and O–H groups in total. The van der Waals surface area contributed by atoms with Gasteiger partial charge < -0.3 is 15.2 Å². The molecule has 0 aromatic heterocycles. The molecule has 0 saturated heterocycles. The minimum atomic E-state index is -0.596. The van der Waals surface area contributed by atoms with Gasteiger partial charge in [-0.2, -0.15) is 5.10 Å². The van der Waals surface area contributed by atoms with Gasteiger partial charge in [-0.3, -0.25) is 4.79 Å². The van der Waals surface area contributed by atoms with Gasteiger partial charge in [0.05, 0.1) is 25.3 Å². The number of halogens is 1. The molecule has 0 fully saturated rings. The number of hydrogen-bond donors (Lipinski definition) is 3. The van der Waals surface area contributed by atoms with E-state index in [1.807, 2.05) is 30.3 Å². The summed E-state index contributed by atoms with van der Waals surface area (Å²) in [6, 6.07) is 13.4. The second-order valence-corrected chi connectivity index (χ2v) is 6.44. The van der Waals surface area contributed by atoms with Crippen LogP contribution < -0.4 is 10.7 Å². The number of rotatable bonds is 7. The predicted octanol–water partition coefficient (Wildman–Crippen LogP) is 3.48. The summed E-state index contributed by atoms with van der Waals surface area (Å²) in [6.07, 6.45) is 0.723. The van der Waals surface area contributed by atoms with E-state index in [4.69, 9.17) is 4.74 Å². The van der Waals surface area contributed by atoms with Crippen molar-refractivity contribution in [2.75, 3.05) is 6.61 Å². The number of aromatic hydroxyl groups is 1. The van der Waals surface area contributed by atoms with Gasteiger partial charge >= 0.3 is 6.09 Å². The van der Waals surface area contributed by atoms with Gasteiger partial charge in [0, 0.05) is 10.0 Å². The molecule has 7 nitrogen and oxygen atoms in total. The number of nitrogens with one attached hydrogen (secondary N) is 2. The number of amides is 2. The lowest BCUT2D eigenvalue weighted by Gasteiger charge is -2.18. The Bertz CT molecular complexity index is 812. The van der Waals surface area contributed by atoms with Crippen LogP contribution in [0.3, 0.4) is 0 Å². The summed E-state index contributed by atoms with van der Waals surface area (Å²) in [5.74, 6) is -0.353. The topological polar surface area (TPSA) is 100 Å². The van der Waals surface area contributed by atoms with Crippen LogP contribution in [0.15, 0.2) is 58.1 Å². The van der Waals surface area contributed by atoms with Crippen LogP contribution in [0.2, 0.25) is 0 Å². The molecule has 0 unspecified atom stereocenters. The van der Waals surface area contributed by atoms with Crippen molar-refractivity contribution in [3.8, 4) is 5.75 Å². The molecule has 2 aromatic carbocycles. The number of carbonyl (C=O) groups excluding carboxylic acids is 2. The summed E-state index contributed by atoms with van der Waals surface area (Å²) in [5.41, 5.74) is 3.62. The van der Waals surface area contributed by atoms with Gasteiger partial charge in [-0.15, -0.1) is 0 Å². The van der Waals surface area contributed by atoms with Crippen molar-refractivity contribution in [2.45, 2.75) is 19.4 Å². The van der Waals surface area contributed by atoms with Crippen LogP contribution in [0.25, 0.3) is 0 Å². The second-order valence-electron chi connectivity index (χ2n) is 5.53. The van der Waals surface area contributed by atoms with Crippen molar-refractivity contribution in [2.24, 2.45) is 5.10 Å². The Kier molecular flexibility index (Phi) is 7.81. The largest absolute Gasteiger partial charge is 0.507 e. The van der Waals surface area contributed by atoms with Crippen molar-refractivity contribution in [1.29, 1.82) is 0 Å². The minimum absolute atomic E-state index is 0.0232. The molecule has 2 rings (SSSR count). The van der Waals surface area contributed by atoms with E-state index in [0.29, 0.717) is 5.56 Å². The number of alkyl carbamates (subject to hydrolysis) is 1. The number of phenolic OH excluding ortho intramolecular Hbond substituents is 1. The second kappa shape index (κ2) is 10.3. The van der Waals surface area contributed by atoms with E-state index < -0.39 is 18.0 Å². The predicted molar refractivity (Wildman–Crippen MR) is 106 cm³/mol. The first-order chi connectivity index (χ1) is 13.0. The zero-order valence-corrected chi connectivity index (χ0v) is 16.3. The van der Waals surface area contributed by atoms with E-state index >= 15 is 0 Å². The molecular weight excluding hydrogens is 414 g/mol. The Morgan fingerprint density at radius 3 is 2.70 bits per heavy atom. The molecular formula is C19H20BrN3O4. The smallest absolute Gasteiger partial charge is 0.407 e. The van der Waals surface area contributed by atoms with Crippen LogP contribution in [0, 0.1) is 0 Å². The van der Waals surface area contributed by atoms with Crippen LogP contribution in [0.4, 0.5) is 4.79 Å². The van der Waals surface area contributed by atoms with Crippen molar-refractivity contribution in [1.82, 2.24) is 10.7 Å². The van der Waals surface area contributed by atoms with Crippen LogP contribution in [0.5, 0.6) is 5.75 Å². The highest BCUT2D eigenvalue weighted by molar-refractivity contribution is 9.10. The summed E-state index contributed by atoms with van der Waals surface area (Å²) in [6.45, 7) is 1.94. The van der Waals surface area contributed by atoms with Crippen molar-refractivity contribution in [3.63, 3.8) is 0 Å². The summed E-state index contributed by atoms with van der Waals surface area (Å²) in [4.78, 5) is 24.0. The highest BCUT2D eigenvalue weighted by atomic mass is 79.9. The zero-order valence-electron chi connectivity index (χ0n) is 14.7. The molecule has 0 bridgehead atoms. The first kappa shape index (κ1) is 20.4. The van der Waals surface area contributed by atoms with Gasteiger partial charge in [0.25, 0.3) is 0 Å². The van der Waals surface area contributed by atoms with Crippen molar-refractivity contribution < 1.29 is 19.4 Å². The average Bonchev–Trinajstić information content (AvgIpc) is 2.65. The third-order valence-electron chi connectivity index (χ3n) is 3.54. The first-order valence-electron chi connectivity index (χ1n) is 8.28. The van der Waals surface area contributed by atoms with Gasteiger partial charge in [0.2, 0.25) is 5.91 Å². The fraction of sp³-hybridized carbons (Fsp3) is 0.211. The van der Waals surface area contributed by atoms with Gasteiger partial charge in [-0.05, 0) is 30.7 Å². The molecule has 0 aliphatic rings. The van der Waals surface area contributed by atoms with E-state index in [1.54, 1.807) is 19.1 Å². The Balaban J connectivity index is 2.01. The summed E-state index contributed by atoms with van der Waals surface area (Å²) in [5, 5.41) is 16.3. The Hall–Kier alpha value is -2.87. The minimum Gasteiger partial charge on any atom is -0.507 e. The van der Waals surface area contributed by atoms with E-state index in [9.17, 15) is 14.7 Å². The van der Waals surface area contributed by atoms with Crippen LogP contribution in [-0.2, 0) is 9.53 Å². The van der Waals surface area contributed by atoms with Gasteiger partial charge in [-0.1, -0.05) is 46.3 Å². The molecule has 0 spiro atoms. The number of ether oxygens (including phenoxy) is 1. The molecule has 0 aliphatic carbocycles. The lowest BCUT2D eigenvalue weighted by molar-refractivity contribution is -0.121. The zero-order chi connectivity index (χ0) is 19.6. The van der Waals surface area contributed by atoms with Gasteiger partial charge in [0.15, 0.2) is 0 Å². The number of hydrazone groups is 1. The molecule has 0 saturated carbocycles. The summed E-state index contributed by atoms with van der Waals surface area (Å²) < 4.78 is 5.67. The Labute approximate surface area is 165 Å². The molecule has 0 heterocycles. The van der Waals surface area contributed by atoms with E-state index in [1.165, 1.54) is 12.3 Å².